The van der Waals surface area contributed by atoms with E-state index < -0.39 is 0 Å². The van der Waals surface area contributed by atoms with Gasteiger partial charge in [-0.1, -0.05) is 13.8 Å². The molecule has 0 saturated carbocycles. The van der Waals surface area contributed by atoms with Gasteiger partial charge in [-0.3, -0.25) is 4.79 Å². The monoisotopic (exact) mass is 212 g/mol. The summed E-state index contributed by atoms with van der Waals surface area (Å²) in [6.45, 7) is 5.89. The average molecular weight is 212 g/mol. The highest BCUT2D eigenvalue weighted by molar-refractivity contribution is 7.05. The number of carbonyl (C=O) groups excluding carboxylic acids is 1. The highest BCUT2D eigenvalue weighted by Gasteiger charge is 2.17. The number of Topliss-reactive ketones (excluding diaryl/α,β-unsaturated/α-hetero) is 1. The number of ketones is 1. The van der Waals surface area contributed by atoms with Gasteiger partial charge in [0.25, 0.3) is 0 Å². The van der Waals surface area contributed by atoms with Crippen LogP contribution < -0.4 is 0 Å². The van der Waals surface area contributed by atoms with Crippen molar-refractivity contribution in [2.24, 2.45) is 0 Å². The van der Waals surface area contributed by atoms with E-state index >= 15 is 0 Å². The summed E-state index contributed by atoms with van der Waals surface area (Å²) in [5, 5.41) is 0.861. The number of aryl methyl sites for hydroxylation is 1. The van der Waals surface area contributed by atoms with E-state index in [-0.39, 0.29) is 11.7 Å². The van der Waals surface area contributed by atoms with Crippen molar-refractivity contribution < 1.29 is 4.79 Å². The molecular weight excluding hydrogens is 196 g/mol. The molecule has 1 atom stereocenters. The van der Waals surface area contributed by atoms with Gasteiger partial charge in [0.2, 0.25) is 0 Å². The lowest BCUT2D eigenvalue weighted by Gasteiger charge is -2.02. The van der Waals surface area contributed by atoms with Gasteiger partial charge in [0.05, 0.1) is 5.92 Å². The molecule has 1 unspecified atom stereocenters. The Morgan fingerprint density at radius 3 is 2.79 bits per heavy atom. The number of hydrogen-bond acceptors (Lipinski definition) is 4. The van der Waals surface area contributed by atoms with Crippen LogP contribution in [0.25, 0.3) is 0 Å². The van der Waals surface area contributed by atoms with E-state index in [4.69, 9.17) is 0 Å². The molecule has 0 bridgehead atoms. The van der Waals surface area contributed by atoms with E-state index in [1.165, 1.54) is 11.5 Å². The smallest absolute Gasteiger partial charge is 0.142 e. The van der Waals surface area contributed by atoms with E-state index in [0.717, 1.165) is 23.7 Å². The third-order valence-electron chi connectivity index (χ3n) is 2.16. The maximum Gasteiger partial charge on any atom is 0.142 e. The van der Waals surface area contributed by atoms with Gasteiger partial charge in [-0.15, -0.1) is 0 Å². The first-order valence-electron chi connectivity index (χ1n) is 5.04. The molecule has 1 rings (SSSR count). The first-order valence-corrected chi connectivity index (χ1v) is 5.81. The fraction of sp³-hybridized carbons (Fsp3) is 0.700. The molecule has 3 nitrogen and oxygen atoms in total. The molecule has 0 fully saturated rings. The molecule has 1 heterocycles. The lowest BCUT2D eigenvalue weighted by Crippen LogP contribution is -2.07. The van der Waals surface area contributed by atoms with Gasteiger partial charge in [0.1, 0.15) is 16.6 Å². The van der Waals surface area contributed by atoms with Crippen molar-refractivity contribution in [3.63, 3.8) is 0 Å². The molecule has 0 saturated heterocycles. The zero-order valence-corrected chi connectivity index (χ0v) is 9.73. The van der Waals surface area contributed by atoms with E-state index in [1.54, 1.807) is 0 Å². The molecule has 0 amide bonds. The van der Waals surface area contributed by atoms with Crippen LogP contribution in [0.4, 0.5) is 0 Å². The second-order valence-electron chi connectivity index (χ2n) is 3.34. The summed E-state index contributed by atoms with van der Waals surface area (Å²) in [5.74, 6) is 1.04. The molecule has 4 heteroatoms. The molecule has 1 aromatic heterocycles. The van der Waals surface area contributed by atoms with Crippen LogP contribution in [0.3, 0.4) is 0 Å². The highest BCUT2D eigenvalue weighted by atomic mass is 32.1. The lowest BCUT2D eigenvalue weighted by molar-refractivity contribution is -0.119. The summed E-state index contributed by atoms with van der Waals surface area (Å²) in [6.07, 6.45) is 2.53. The van der Waals surface area contributed by atoms with Crippen LogP contribution in [-0.2, 0) is 11.2 Å². The van der Waals surface area contributed by atoms with Gasteiger partial charge in [-0.25, -0.2) is 4.98 Å². The Hall–Kier alpha value is -0.770. The number of hydrogen-bond donors (Lipinski definition) is 0. The topological polar surface area (TPSA) is 42.9 Å². The Kier molecular flexibility index (Phi) is 4.20. The zero-order chi connectivity index (χ0) is 10.6. The largest absolute Gasteiger partial charge is 0.299 e. The molecule has 0 aromatic carbocycles. The minimum Gasteiger partial charge on any atom is -0.299 e. The molecule has 0 aliphatic heterocycles. The summed E-state index contributed by atoms with van der Waals surface area (Å²) in [4.78, 5) is 15.8. The Bertz CT molecular complexity index is 309. The second kappa shape index (κ2) is 5.20. The van der Waals surface area contributed by atoms with Crippen LogP contribution in [0.1, 0.15) is 50.4 Å². The molecule has 0 N–H and O–H groups in total. The summed E-state index contributed by atoms with van der Waals surface area (Å²) >= 11 is 1.36. The van der Waals surface area contributed by atoms with Crippen LogP contribution in [0, 0.1) is 0 Å². The Morgan fingerprint density at radius 2 is 2.21 bits per heavy atom. The van der Waals surface area contributed by atoms with Crippen LogP contribution in [0.15, 0.2) is 0 Å². The highest BCUT2D eigenvalue weighted by Crippen LogP contribution is 2.19. The van der Waals surface area contributed by atoms with E-state index in [0.29, 0.717) is 6.42 Å². The predicted molar refractivity (Wildman–Crippen MR) is 57.6 cm³/mol. The Balaban J connectivity index is 2.70. The fourth-order valence-electron chi connectivity index (χ4n) is 1.21. The predicted octanol–water partition coefficient (Wildman–Crippen LogP) is 2.57. The molecule has 78 valence electrons. The van der Waals surface area contributed by atoms with E-state index in [1.807, 2.05) is 13.8 Å². The van der Waals surface area contributed by atoms with Gasteiger partial charge in [0.15, 0.2) is 0 Å². The van der Waals surface area contributed by atoms with Gasteiger partial charge in [-0.2, -0.15) is 4.37 Å². The van der Waals surface area contributed by atoms with Gasteiger partial charge in [-0.05, 0) is 24.9 Å². The van der Waals surface area contributed by atoms with Crippen molar-refractivity contribution in [1.29, 1.82) is 0 Å². The zero-order valence-electron chi connectivity index (χ0n) is 8.91. The van der Waals surface area contributed by atoms with E-state index in [2.05, 4.69) is 16.3 Å². The molecule has 0 radical (unpaired) electrons. The van der Waals surface area contributed by atoms with Crippen LogP contribution in [0.5, 0.6) is 0 Å². The third kappa shape index (κ3) is 2.61. The summed E-state index contributed by atoms with van der Waals surface area (Å²) in [5.41, 5.74) is 0. The van der Waals surface area contributed by atoms with Crippen molar-refractivity contribution in [2.45, 2.75) is 46.0 Å². The molecule has 0 aliphatic carbocycles. The number of aromatic nitrogens is 2. The van der Waals surface area contributed by atoms with Crippen molar-refractivity contribution >= 4 is 17.3 Å². The first kappa shape index (κ1) is 11.3. The van der Waals surface area contributed by atoms with Gasteiger partial charge < -0.3 is 0 Å². The summed E-state index contributed by atoms with van der Waals surface area (Å²) < 4.78 is 4.22. The minimum atomic E-state index is -0.0805. The molecule has 0 aliphatic rings. The molecule has 1 aromatic rings. The van der Waals surface area contributed by atoms with Crippen LogP contribution >= 0.6 is 11.5 Å². The third-order valence-corrected chi connectivity index (χ3v) is 3.09. The molecule has 14 heavy (non-hydrogen) atoms. The van der Waals surface area contributed by atoms with Crippen LogP contribution in [0.2, 0.25) is 0 Å². The SMILES string of the molecule is CCCc1nsc(C(C)C(=O)CC)n1. The molecule has 0 spiro atoms. The fourth-order valence-corrected chi connectivity index (χ4v) is 1.98. The number of nitrogens with zero attached hydrogens (tertiary/aromatic N) is 2. The first-order chi connectivity index (χ1) is 6.69. The Morgan fingerprint density at radius 1 is 1.50 bits per heavy atom. The number of rotatable bonds is 5. The second-order valence-corrected chi connectivity index (χ2v) is 4.12. The lowest BCUT2D eigenvalue weighted by atomic mass is 10.1. The quantitative estimate of drug-likeness (QED) is 0.753. The van der Waals surface area contributed by atoms with Crippen molar-refractivity contribution in [2.75, 3.05) is 0 Å². The van der Waals surface area contributed by atoms with Gasteiger partial charge >= 0.3 is 0 Å². The molecular formula is C10H16N2OS. The van der Waals surface area contributed by atoms with E-state index in [9.17, 15) is 4.79 Å². The minimum absolute atomic E-state index is 0.0805. The standard InChI is InChI=1S/C10H16N2OS/c1-4-6-9-11-10(14-12-9)7(3)8(13)5-2/h7H,4-6H2,1-3H3. The van der Waals surface area contributed by atoms with Crippen molar-refractivity contribution in [3.05, 3.63) is 10.8 Å². The summed E-state index contributed by atoms with van der Waals surface area (Å²) in [6, 6.07) is 0. The maximum absolute atomic E-state index is 11.4. The average Bonchev–Trinajstić information content (AvgIpc) is 2.64. The maximum atomic E-state index is 11.4. The normalized spacial score (nSPS) is 12.8. The summed E-state index contributed by atoms with van der Waals surface area (Å²) in [7, 11) is 0. The van der Waals surface area contributed by atoms with Crippen LogP contribution in [-0.4, -0.2) is 15.1 Å². The van der Waals surface area contributed by atoms with Crippen molar-refractivity contribution in [1.82, 2.24) is 9.36 Å². The van der Waals surface area contributed by atoms with Gasteiger partial charge in [0, 0.05) is 12.8 Å². The van der Waals surface area contributed by atoms with Crippen molar-refractivity contribution in [3.8, 4) is 0 Å². The number of carbonyl (C=O) groups is 1. The Labute approximate surface area is 88.7 Å².